The lowest BCUT2D eigenvalue weighted by molar-refractivity contribution is -0.139. The summed E-state index contributed by atoms with van der Waals surface area (Å²) in [7, 11) is -4.82. The number of alkyl halides is 3. The van der Waals surface area contributed by atoms with Gasteiger partial charge in [0.25, 0.3) is 0 Å². The van der Waals surface area contributed by atoms with Gasteiger partial charge in [0, 0.05) is 5.56 Å². The molecule has 0 aromatic heterocycles. The highest BCUT2D eigenvalue weighted by atomic mass is 32.2. The molecule has 1 unspecified atom stereocenters. The van der Waals surface area contributed by atoms with Crippen molar-refractivity contribution in [1.82, 2.24) is 4.90 Å². The molecule has 180 valence electrons. The molecule has 1 saturated heterocycles. The number of piperidine rings is 1. The van der Waals surface area contributed by atoms with Crippen LogP contribution >= 0.6 is 0 Å². The molecule has 0 bridgehead atoms. The van der Waals surface area contributed by atoms with Crippen LogP contribution in [0.3, 0.4) is 0 Å². The van der Waals surface area contributed by atoms with Crippen molar-refractivity contribution in [2.75, 3.05) is 20.2 Å². The Labute approximate surface area is 189 Å². The molecule has 1 aliphatic rings. The average molecular weight is 489 g/mol. The summed E-state index contributed by atoms with van der Waals surface area (Å²) in [5, 5.41) is 0. The van der Waals surface area contributed by atoms with Crippen LogP contribution in [0.4, 0.5) is 17.6 Å². The van der Waals surface area contributed by atoms with Gasteiger partial charge in [0.2, 0.25) is 0 Å². The number of nitrogens with zero attached hydrogens (tertiary/aromatic N) is 1. The first kappa shape index (κ1) is 25.0. The SMILES string of the molecule is COC(=O)Cc1ccc(C(c2ccc(F)cc2)N2CCCCC2)c(OS(=O)(=O)C(F)(F)F)c1. The molecule has 3 rings (SSSR count). The average Bonchev–Trinajstić information content (AvgIpc) is 2.76. The Morgan fingerprint density at radius 1 is 1.06 bits per heavy atom. The van der Waals surface area contributed by atoms with Crippen LogP contribution < -0.4 is 4.18 Å². The molecule has 0 radical (unpaired) electrons. The summed E-state index contributed by atoms with van der Waals surface area (Å²) in [5.41, 5.74) is -4.70. The minimum atomic E-state index is -5.97. The van der Waals surface area contributed by atoms with Crippen molar-refractivity contribution in [1.29, 1.82) is 0 Å². The second kappa shape index (κ2) is 10.1. The van der Waals surface area contributed by atoms with Crippen molar-refractivity contribution in [2.45, 2.75) is 37.2 Å². The van der Waals surface area contributed by atoms with Gasteiger partial charge < -0.3 is 8.92 Å². The standard InChI is InChI=1S/C22H23F4NO5S/c1-31-20(28)14-15-5-10-18(19(13-15)32-33(29,30)22(24,25)26)21(27-11-3-2-4-12-27)16-6-8-17(23)9-7-16/h5-10,13,21H,2-4,11-12,14H2,1H3. The van der Waals surface area contributed by atoms with Gasteiger partial charge in [-0.25, -0.2) is 4.39 Å². The van der Waals surface area contributed by atoms with Gasteiger partial charge in [0.15, 0.2) is 0 Å². The van der Waals surface area contributed by atoms with E-state index >= 15 is 0 Å². The predicted octanol–water partition coefficient (Wildman–Crippen LogP) is 4.34. The normalized spacial score (nSPS) is 16.3. The van der Waals surface area contributed by atoms with E-state index in [2.05, 4.69) is 8.92 Å². The van der Waals surface area contributed by atoms with E-state index in [4.69, 9.17) is 0 Å². The van der Waals surface area contributed by atoms with Crippen molar-refractivity contribution >= 4 is 16.1 Å². The lowest BCUT2D eigenvalue weighted by Crippen LogP contribution is -2.35. The molecule has 2 aromatic carbocycles. The number of carbonyl (C=O) groups excluding carboxylic acids is 1. The van der Waals surface area contributed by atoms with Crippen molar-refractivity contribution in [2.24, 2.45) is 0 Å². The maximum absolute atomic E-state index is 13.5. The van der Waals surface area contributed by atoms with Crippen LogP contribution in [0.2, 0.25) is 0 Å². The van der Waals surface area contributed by atoms with Gasteiger partial charge in [0.05, 0.1) is 19.6 Å². The van der Waals surface area contributed by atoms with Gasteiger partial charge in [-0.15, -0.1) is 0 Å². The van der Waals surface area contributed by atoms with Crippen LogP contribution in [0.5, 0.6) is 5.75 Å². The molecular weight excluding hydrogens is 466 g/mol. The number of likely N-dealkylation sites (tertiary alicyclic amines) is 1. The van der Waals surface area contributed by atoms with Crippen LogP contribution in [0.25, 0.3) is 0 Å². The molecule has 0 spiro atoms. The van der Waals surface area contributed by atoms with E-state index < -0.39 is 39.2 Å². The van der Waals surface area contributed by atoms with E-state index in [9.17, 15) is 30.8 Å². The summed E-state index contributed by atoms with van der Waals surface area (Å²) in [4.78, 5) is 13.6. The van der Waals surface area contributed by atoms with E-state index in [0.29, 0.717) is 18.7 Å². The van der Waals surface area contributed by atoms with Crippen molar-refractivity contribution in [3.05, 3.63) is 65.0 Å². The van der Waals surface area contributed by atoms with Gasteiger partial charge in [0.1, 0.15) is 11.6 Å². The van der Waals surface area contributed by atoms with Gasteiger partial charge in [-0.2, -0.15) is 21.6 Å². The third-order valence-corrected chi connectivity index (χ3v) is 6.34. The number of rotatable bonds is 7. The zero-order valence-electron chi connectivity index (χ0n) is 17.8. The number of esters is 1. The molecule has 1 aliphatic heterocycles. The Balaban J connectivity index is 2.14. The van der Waals surface area contributed by atoms with E-state index in [1.807, 2.05) is 4.90 Å². The molecule has 33 heavy (non-hydrogen) atoms. The summed E-state index contributed by atoms with van der Waals surface area (Å²) in [5.74, 6) is -1.69. The van der Waals surface area contributed by atoms with Gasteiger partial charge in [-0.3, -0.25) is 9.69 Å². The Hall–Kier alpha value is -2.66. The van der Waals surface area contributed by atoms with Gasteiger partial charge in [-0.1, -0.05) is 30.7 Å². The van der Waals surface area contributed by atoms with Crippen LogP contribution in [0.15, 0.2) is 42.5 Å². The molecule has 0 N–H and O–H groups in total. The summed E-state index contributed by atoms with van der Waals surface area (Å²) in [6.45, 7) is 1.22. The highest BCUT2D eigenvalue weighted by molar-refractivity contribution is 7.88. The van der Waals surface area contributed by atoms with E-state index in [-0.39, 0.29) is 17.5 Å². The van der Waals surface area contributed by atoms with Crippen LogP contribution in [0.1, 0.15) is 42.0 Å². The molecule has 6 nitrogen and oxygen atoms in total. The molecule has 0 saturated carbocycles. The molecule has 1 atom stereocenters. The van der Waals surface area contributed by atoms with Crippen LogP contribution in [0, 0.1) is 5.82 Å². The smallest absolute Gasteiger partial charge is 0.469 e. The summed E-state index contributed by atoms with van der Waals surface area (Å²) in [6, 6.07) is 8.79. The van der Waals surface area contributed by atoms with Crippen molar-refractivity contribution in [3.8, 4) is 5.75 Å². The fourth-order valence-corrected chi connectivity index (χ4v) is 4.28. The first-order valence-electron chi connectivity index (χ1n) is 10.2. The number of methoxy groups -OCH3 is 1. The minimum absolute atomic E-state index is 0.157. The monoisotopic (exact) mass is 489 g/mol. The number of hydrogen-bond acceptors (Lipinski definition) is 6. The zero-order chi connectivity index (χ0) is 24.2. The maximum Gasteiger partial charge on any atom is 0.534 e. The number of hydrogen-bond donors (Lipinski definition) is 0. The van der Waals surface area contributed by atoms with E-state index in [1.165, 1.54) is 36.4 Å². The second-order valence-corrected chi connectivity index (χ2v) is 9.20. The summed E-state index contributed by atoms with van der Waals surface area (Å²) < 4.78 is 85.7. The topological polar surface area (TPSA) is 72.9 Å². The van der Waals surface area contributed by atoms with Crippen LogP contribution in [-0.4, -0.2) is 45.0 Å². The van der Waals surface area contributed by atoms with E-state index in [1.54, 1.807) is 0 Å². The minimum Gasteiger partial charge on any atom is -0.469 e. The molecule has 1 fully saturated rings. The lowest BCUT2D eigenvalue weighted by Gasteiger charge is -2.36. The molecule has 0 amide bonds. The highest BCUT2D eigenvalue weighted by Crippen LogP contribution is 2.39. The van der Waals surface area contributed by atoms with Crippen molar-refractivity contribution < 1.29 is 39.7 Å². The van der Waals surface area contributed by atoms with Crippen molar-refractivity contribution in [3.63, 3.8) is 0 Å². The molecular formula is C22H23F4NO5S. The lowest BCUT2D eigenvalue weighted by atomic mass is 9.93. The second-order valence-electron chi connectivity index (χ2n) is 7.66. The highest BCUT2D eigenvalue weighted by Gasteiger charge is 2.49. The molecule has 1 heterocycles. The fraction of sp³-hybridized carbons (Fsp3) is 0.409. The zero-order valence-corrected chi connectivity index (χ0v) is 18.6. The first-order valence-corrected chi connectivity index (χ1v) is 11.6. The summed E-state index contributed by atoms with van der Waals surface area (Å²) in [6.07, 6.45) is 2.38. The van der Waals surface area contributed by atoms with Gasteiger partial charge in [-0.05, 0) is 55.3 Å². The first-order chi connectivity index (χ1) is 15.5. The largest absolute Gasteiger partial charge is 0.534 e. The predicted molar refractivity (Wildman–Crippen MR) is 111 cm³/mol. The Kier molecular flexibility index (Phi) is 7.63. The number of ether oxygens (including phenoxy) is 1. The fourth-order valence-electron chi connectivity index (χ4n) is 3.80. The number of carbonyl (C=O) groups is 1. The summed E-state index contributed by atoms with van der Waals surface area (Å²) >= 11 is 0. The maximum atomic E-state index is 13.5. The number of benzene rings is 2. The Morgan fingerprint density at radius 3 is 2.27 bits per heavy atom. The van der Waals surface area contributed by atoms with Crippen LogP contribution in [-0.2, 0) is 26.1 Å². The number of halogens is 4. The van der Waals surface area contributed by atoms with Gasteiger partial charge >= 0.3 is 21.6 Å². The quantitative estimate of drug-likeness (QED) is 0.249. The Morgan fingerprint density at radius 2 is 1.70 bits per heavy atom. The Bertz CT molecular complexity index is 1080. The molecule has 0 aliphatic carbocycles. The third-order valence-electron chi connectivity index (χ3n) is 5.37. The molecule has 11 heteroatoms. The molecule has 2 aromatic rings. The van der Waals surface area contributed by atoms with E-state index in [0.717, 1.165) is 32.4 Å². The third kappa shape index (κ3) is 6.02.